The summed E-state index contributed by atoms with van der Waals surface area (Å²) in [7, 11) is 1.63. The topological polar surface area (TPSA) is 47.3 Å². The minimum atomic E-state index is 0.687. The van der Waals surface area contributed by atoms with Gasteiger partial charge in [0, 0.05) is 18.3 Å². The molecule has 0 amide bonds. The lowest BCUT2D eigenvalue weighted by atomic mass is 10.1. The first-order chi connectivity index (χ1) is 6.69. The molecule has 3 heteroatoms. The first-order valence-electron chi connectivity index (χ1n) is 4.87. The summed E-state index contributed by atoms with van der Waals surface area (Å²) in [6, 6.07) is 3.87. The summed E-state index contributed by atoms with van der Waals surface area (Å²) in [5, 5.41) is 3.33. The fourth-order valence-corrected chi connectivity index (χ4v) is 1.34. The van der Waals surface area contributed by atoms with Crippen LogP contribution in [-0.4, -0.2) is 13.7 Å². The van der Waals surface area contributed by atoms with Gasteiger partial charge in [0.05, 0.1) is 12.8 Å². The maximum atomic E-state index is 5.78. The highest BCUT2D eigenvalue weighted by Crippen LogP contribution is 2.28. The minimum absolute atomic E-state index is 0.687. The van der Waals surface area contributed by atoms with Crippen molar-refractivity contribution in [2.45, 2.75) is 20.3 Å². The van der Waals surface area contributed by atoms with Crippen molar-refractivity contribution < 1.29 is 4.74 Å². The van der Waals surface area contributed by atoms with E-state index in [-0.39, 0.29) is 0 Å². The van der Waals surface area contributed by atoms with Crippen molar-refractivity contribution in [3.63, 3.8) is 0 Å². The normalized spacial score (nSPS) is 9.93. The van der Waals surface area contributed by atoms with Crippen molar-refractivity contribution in [1.29, 1.82) is 0 Å². The average Bonchev–Trinajstić information content (AvgIpc) is 2.17. The molecular weight excluding hydrogens is 176 g/mol. The molecule has 0 radical (unpaired) electrons. The van der Waals surface area contributed by atoms with Crippen LogP contribution in [0.1, 0.15) is 18.9 Å². The van der Waals surface area contributed by atoms with E-state index in [4.69, 9.17) is 10.5 Å². The highest BCUT2D eigenvalue weighted by atomic mass is 16.5. The number of rotatable bonds is 4. The Hall–Kier alpha value is -1.38. The monoisotopic (exact) mass is 194 g/mol. The van der Waals surface area contributed by atoms with E-state index in [0.29, 0.717) is 5.69 Å². The Morgan fingerprint density at radius 2 is 2.14 bits per heavy atom. The molecule has 0 aliphatic carbocycles. The third-order valence-corrected chi connectivity index (χ3v) is 2.14. The van der Waals surface area contributed by atoms with Gasteiger partial charge in [-0.3, -0.25) is 0 Å². The Labute approximate surface area is 85.3 Å². The fraction of sp³-hybridized carbons (Fsp3) is 0.455. The number of ether oxygens (including phenoxy) is 1. The number of nitrogens with two attached hydrogens (primary N) is 1. The predicted octanol–water partition coefficient (Wildman–Crippen LogP) is 2.41. The third kappa shape index (κ3) is 2.31. The Morgan fingerprint density at radius 1 is 1.43 bits per heavy atom. The van der Waals surface area contributed by atoms with Crippen molar-refractivity contribution in [1.82, 2.24) is 0 Å². The molecule has 0 saturated heterocycles. The molecule has 3 nitrogen and oxygen atoms in total. The van der Waals surface area contributed by atoms with Gasteiger partial charge in [-0.1, -0.05) is 6.92 Å². The van der Waals surface area contributed by atoms with Gasteiger partial charge in [-0.15, -0.1) is 0 Å². The molecule has 0 aliphatic heterocycles. The van der Waals surface area contributed by atoms with E-state index < -0.39 is 0 Å². The van der Waals surface area contributed by atoms with Gasteiger partial charge in [0.25, 0.3) is 0 Å². The summed E-state index contributed by atoms with van der Waals surface area (Å²) in [5.74, 6) is 0.731. The fourth-order valence-electron chi connectivity index (χ4n) is 1.34. The molecule has 0 spiro atoms. The summed E-state index contributed by atoms with van der Waals surface area (Å²) in [5.41, 5.74) is 8.71. The second-order valence-electron chi connectivity index (χ2n) is 3.34. The van der Waals surface area contributed by atoms with Crippen LogP contribution in [0.15, 0.2) is 12.1 Å². The van der Waals surface area contributed by atoms with E-state index in [2.05, 4.69) is 12.2 Å². The van der Waals surface area contributed by atoms with E-state index in [1.54, 1.807) is 7.11 Å². The molecule has 1 aromatic carbocycles. The number of hydrogen-bond acceptors (Lipinski definition) is 3. The van der Waals surface area contributed by atoms with Crippen LogP contribution in [0.2, 0.25) is 0 Å². The first kappa shape index (κ1) is 10.7. The molecule has 1 aromatic rings. The lowest BCUT2D eigenvalue weighted by molar-refractivity contribution is 0.417. The predicted molar refractivity (Wildman–Crippen MR) is 60.9 cm³/mol. The number of hydrogen-bond donors (Lipinski definition) is 2. The van der Waals surface area contributed by atoms with Gasteiger partial charge in [0.2, 0.25) is 0 Å². The molecule has 0 fully saturated rings. The van der Waals surface area contributed by atoms with Crippen LogP contribution < -0.4 is 15.8 Å². The number of aryl methyl sites for hydroxylation is 1. The van der Waals surface area contributed by atoms with Gasteiger partial charge >= 0.3 is 0 Å². The largest absolute Gasteiger partial charge is 0.495 e. The highest BCUT2D eigenvalue weighted by Gasteiger charge is 2.04. The zero-order valence-corrected chi connectivity index (χ0v) is 9.05. The van der Waals surface area contributed by atoms with Crippen LogP contribution in [0.3, 0.4) is 0 Å². The van der Waals surface area contributed by atoms with Crippen LogP contribution in [0.5, 0.6) is 5.75 Å². The van der Waals surface area contributed by atoms with Crippen molar-refractivity contribution in [2.75, 3.05) is 24.7 Å². The standard InChI is InChI=1S/C11H18N2O/c1-4-5-13-10-7-11(14-3)9(12)6-8(10)2/h6-7,13H,4-5,12H2,1-3H3. The Bertz CT molecular complexity index is 310. The maximum Gasteiger partial charge on any atom is 0.143 e. The van der Waals surface area contributed by atoms with Crippen LogP contribution in [0.4, 0.5) is 11.4 Å². The SMILES string of the molecule is CCCNc1cc(OC)c(N)cc1C. The molecule has 0 aliphatic rings. The van der Waals surface area contributed by atoms with E-state index >= 15 is 0 Å². The van der Waals surface area contributed by atoms with E-state index in [1.807, 2.05) is 19.1 Å². The van der Waals surface area contributed by atoms with Gasteiger partial charge in [-0.2, -0.15) is 0 Å². The Balaban J connectivity index is 2.92. The number of nitrogen functional groups attached to an aromatic ring is 1. The zero-order valence-electron chi connectivity index (χ0n) is 9.05. The molecule has 0 atom stereocenters. The average molecular weight is 194 g/mol. The van der Waals surface area contributed by atoms with Gasteiger partial charge in [-0.05, 0) is 25.0 Å². The molecule has 0 heterocycles. The third-order valence-electron chi connectivity index (χ3n) is 2.14. The molecular formula is C11H18N2O. The lowest BCUT2D eigenvalue weighted by Gasteiger charge is -2.12. The van der Waals surface area contributed by atoms with Crippen molar-refractivity contribution in [3.05, 3.63) is 17.7 Å². The first-order valence-corrected chi connectivity index (χ1v) is 4.87. The molecule has 1 rings (SSSR count). The zero-order chi connectivity index (χ0) is 10.6. The van der Waals surface area contributed by atoms with Gasteiger partial charge < -0.3 is 15.8 Å². The number of nitrogens with one attached hydrogen (secondary N) is 1. The van der Waals surface area contributed by atoms with Gasteiger partial charge in [0.15, 0.2) is 0 Å². The summed E-state index contributed by atoms with van der Waals surface area (Å²) in [6.07, 6.45) is 1.10. The van der Waals surface area contributed by atoms with Gasteiger partial charge in [-0.25, -0.2) is 0 Å². The van der Waals surface area contributed by atoms with Crippen LogP contribution >= 0.6 is 0 Å². The summed E-state index contributed by atoms with van der Waals surface area (Å²) in [6.45, 7) is 5.14. The smallest absolute Gasteiger partial charge is 0.143 e. The molecule has 0 unspecified atom stereocenters. The second kappa shape index (κ2) is 4.74. The van der Waals surface area contributed by atoms with Crippen LogP contribution in [0, 0.1) is 6.92 Å². The van der Waals surface area contributed by atoms with Gasteiger partial charge in [0.1, 0.15) is 5.75 Å². The number of anilines is 2. The summed E-state index contributed by atoms with van der Waals surface area (Å²) >= 11 is 0. The van der Waals surface area contributed by atoms with E-state index in [1.165, 1.54) is 0 Å². The van der Waals surface area contributed by atoms with Crippen molar-refractivity contribution in [2.24, 2.45) is 0 Å². The molecule has 78 valence electrons. The number of benzene rings is 1. The second-order valence-corrected chi connectivity index (χ2v) is 3.34. The number of methoxy groups -OCH3 is 1. The Morgan fingerprint density at radius 3 is 2.71 bits per heavy atom. The maximum absolute atomic E-state index is 5.78. The van der Waals surface area contributed by atoms with Crippen LogP contribution in [-0.2, 0) is 0 Å². The van der Waals surface area contributed by atoms with Crippen LogP contribution in [0.25, 0.3) is 0 Å². The minimum Gasteiger partial charge on any atom is -0.495 e. The molecule has 3 N–H and O–H groups in total. The molecule has 0 bridgehead atoms. The van der Waals surface area contributed by atoms with E-state index in [9.17, 15) is 0 Å². The quantitative estimate of drug-likeness (QED) is 0.723. The molecule has 14 heavy (non-hydrogen) atoms. The highest BCUT2D eigenvalue weighted by molar-refractivity contribution is 5.65. The van der Waals surface area contributed by atoms with Crippen molar-refractivity contribution in [3.8, 4) is 5.75 Å². The summed E-state index contributed by atoms with van der Waals surface area (Å²) in [4.78, 5) is 0. The molecule has 0 saturated carbocycles. The van der Waals surface area contributed by atoms with Crippen molar-refractivity contribution >= 4 is 11.4 Å². The molecule has 0 aromatic heterocycles. The Kier molecular flexibility index (Phi) is 3.63. The van der Waals surface area contributed by atoms with E-state index in [0.717, 1.165) is 30.0 Å². The summed E-state index contributed by atoms with van der Waals surface area (Å²) < 4.78 is 5.16. The lowest BCUT2D eigenvalue weighted by Crippen LogP contribution is -2.03.